The first-order valence-electron chi connectivity index (χ1n) is 9.14. The molecule has 30 heavy (non-hydrogen) atoms. The molecule has 1 heterocycles. The van der Waals surface area contributed by atoms with E-state index >= 15 is 0 Å². The molecule has 0 radical (unpaired) electrons. The van der Waals surface area contributed by atoms with Gasteiger partial charge in [-0.05, 0) is 35.4 Å². The van der Waals surface area contributed by atoms with Gasteiger partial charge in [0.15, 0.2) is 5.96 Å². The lowest BCUT2D eigenvalue weighted by atomic mass is 10.0. The van der Waals surface area contributed by atoms with Crippen molar-refractivity contribution in [1.29, 1.82) is 5.26 Å². The Bertz CT molecular complexity index is 927. The predicted octanol–water partition coefficient (Wildman–Crippen LogP) is 4.34. The van der Waals surface area contributed by atoms with Crippen molar-refractivity contribution in [3.8, 4) is 6.07 Å². The van der Waals surface area contributed by atoms with Crippen molar-refractivity contribution in [2.24, 2.45) is 4.99 Å². The molecule has 1 unspecified atom stereocenters. The van der Waals surface area contributed by atoms with E-state index in [4.69, 9.17) is 10.00 Å². The third kappa shape index (κ3) is 6.09. The zero-order chi connectivity index (χ0) is 20.9. The Balaban J connectivity index is 0.00000320. The number of alkyl halides is 3. The van der Waals surface area contributed by atoms with E-state index in [1.54, 1.807) is 25.2 Å². The van der Waals surface area contributed by atoms with Crippen molar-refractivity contribution in [1.82, 2.24) is 10.2 Å². The average Bonchev–Trinajstić information content (AvgIpc) is 2.74. The number of nitriles is 1. The highest BCUT2D eigenvalue weighted by Crippen LogP contribution is 2.32. The monoisotopic (exact) mass is 530 g/mol. The summed E-state index contributed by atoms with van der Waals surface area (Å²) in [5.74, 6) is 0.632. The molecule has 0 spiro atoms. The molecule has 1 fully saturated rings. The van der Waals surface area contributed by atoms with Gasteiger partial charge < -0.3 is 15.0 Å². The zero-order valence-corrected chi connectivity index (χ0v) is 18.6. The number of guanidine groups is 1. The van der Waals surface area contributed by atoms with Crippen LogP contribution in [0.5, 0.6) is 0 Å². The minimum atomic E-state index is -4.39. The van der Waals surface area contributed by atoms with Crippen LogP contribution < -0.4 is 5.32 Å². The molecule has 1 aliphatic heterocycles. The predicted molar refractivity (Wildman–Crippen MR) is 118 cm³/mol. The summed E-state index contributed by atoms with van der Waals surface area (Å²) < 4.78 is 44.8. The molecular weight excluding hydrogens is 508 g/mol. The third-order valence-electron chi connectivity index (χ3n) is 4.67. The second-order valence-corrected chi connectivity index (χ2v) is 6.64. The number of halogens is 4. The maximum atomic E-state index is 13.0. The highest BCUT2D eigenvalue weighted by atomic mass is 127. The van der Waals surface area contributed by atoms with Gasteiger partial charge in [0.1, 0.15) is 6.10 Å². The van der Waals surface area contributed by atoms with Gasteiger partial charge in [0.2, 0.25) is 0 Å². The molecule has 1 saturated heterocycles. The first-order chi connectivity index (χ1) is 13.9. The van der Waals surface area contributed by atoms with E-state index in [0.717, 1.165) is 17.7 Å². The van der Waals surface area contributed by atoms with Crippen LogP contribution in [0.15, 0.2) is 53.5 Å². The van der Waals surface area contributed by atoms with Gasteiger partial charge in [0.25, 0.3) is 0 Å². The Kier molecular flexibility index (Phi) is 8.49. The number of benzene rings is 2. The molecule has 0 aliphatic carbocycles. The van der Waals surface area contributed by atoms with Gasteiger partial charge in [-0.3, -0.25) is 4.99 Å². The molecule has 0 saturated carbocycles. The largest absolute Gasteiger partial charge is 0.416 e. The van der Waals surface area contributed by atoms with Gasteiger partial charge in [-0.1, -0.05) is 24.3 Å². The first-order valence-corrected chi connectivity index (χ1v) is 9.14. The fourth-order valence-electron chi connectivity index (χ4n) is 3.22. The number of ether oxygens (including phenoxy) is 1. The van der Waals surface area contributed by atoms with Crippen LogP contribution >= 0.6 is 24.0 Å². The van der Waals surface area contributed by atoms with Crippen LogP contribution in [0.2, 0.25) is 0 Å². The van der Waals surface area contributed by atoms with E-state index in [9.17, 15) is 13.2 Å². The van der Waals surface area contributed by atoms with Crippen molar-refractivity contribution in [2.45, 2.75) is 18.8 Å². The van der Waals surface area contributed by atoms with Crippen LogP contribution in [0, 0.1) is 11.3 Å². The fourth-order valence-corrected chi connectivity index (χ4v) is 3.22. The van der Waals surface area contributed by atoms with E-state index in [1.807, 2.05) is 17.0 Å². The Morgan fingerprint density at radius 2 is 2.03 bits per heavy atom. The fraction of sp³-hybridized carbons (Fsp3) is 0.333. The lowest BCUT2D eigenvalue weighted by Gasteiger charge is -2.35. The number of hydrogen-bond acceptors (Lipinski definition) is 3. The normalized spacial score (nSPS) is 17.1. The van der Waals surface area contributed by atoms with Crippen LogP contribution in [0.3, 0.4) is 0 Å². The molecule has 3 rings (SSSR count). The summed E-state index contributed by atoms with van der Waals surface area (Å²) in [6.45, 7) is 1.83. The molecule has 1 atom stereocenters. The quantitative estimate of drug-likeness (QED) is 0.365. The molecule has 0 aromatic heterocycles. The lowest BCUT2D eigenvalue weighted by molar-refractivity contribution is -0.137. The lowest BCUT2D eigenvalue weighted by Crippen LogP contribution is -2.48. The summed E-state index contributed by atoms with van der Waals surface area (Å²) in [4.78, 5) is 6.25. The molecule has 0 amide bonds. The molecule has 5 nitrogen and oxygen atoms in total. The standard InChI is InChI=1S/C21H21F3N4O.HI/c1-26-20(27-13-16-5-2-4-15(10-16)12-25)28-8-9-29-19(14-28)17-6-3-7-18(11-17)21(22,23)24;/h2-7,10-11,19H,8-9,13-14H2,1H3,(H,26,27);1H. The Labute approximate surface area is 190 Å². The molecule has 1 N–H and O–H groups in total. The zero-order valence-electron chi connectivity index (χ0n) is 16.3. The molecular formula is C21H22F3IN4O. The average molecular weight is 530 g/mol. The summed E-state index contributed by atoms with van der Waals surface area (Å²) in [7, 11) is 1.66. The van der Waals surface area contributed by atoms with E-state index in [2.05, 4.69) is 16.4 Å². The second kappa shape index (κ2) is 10.6. The SMILES string of the molecule is CN=C(NCc1cccc(C#N)c1)N1CCOC(c2cccc(C(F)(F)F)c2)C1.I. The maximum absolute atomic E-state index is 13.0. The number of morpholine rings is 1. The van der Waals surface area contributed by atoms with E-state index in [0.29, 0.717) is 43.3 Å². The van der Waals surface area contributed by atoms with Gasteiger partial charge in [-0.2, -0.15) is 18.4 Å². The summed E-state index contributed by atoms with van der Waals surface area (Å²) in [5, 5.41) is 12.3. The Morgan fingerprint density at radius 3 is 2.73 bits per heavy atom. The number of aliphatic imine (C=N–C) groups is 1. The molecule has 2 aromatic rings. The topological polar surface area (TPSA) is 60.7 Å². The highest BCUT2D eigenvalue weighted by molar-refractivity contribution is 14.0. The van der Waals surface area contributed by atoms with Crippen molar-refractivity contribution in [3.63, 3.8) is 0 Å². The number of nitrogens with one attached hydrogen (secondary N) is 1. The summed E-state index contributed by atoms with van der Waals surface area (Å²) in [5.41, 5.74) is 1.32. The summed E-state index contributed by atoms with van der Waals surface area (Å²) in [6.07, 6.45) is -4.87. The van der Waals surface area contributed by atoms with Crippen molar-refractivity contribution in [3.05, 3.63) is 70.8 Å². The van der Waals surface area contributed by atoms with Gasteiger partial charge in [-0.15, -0.1) is 24.0 Å². The molecule has 1 aliphatic rings. The van der Waals surface area contributed by atoms with Crippen molar-refractivity contribution in [2.75, 3.05) is 26.7 Å². The van der Waals surface area contributed by atoms with E-state index in [-0.39, 0.29) is 24.0 Å². The summed E-state index contributed by atoms with van der Waals surface area (Å²) in [6, 6.07) is 14.6. The van der Waals surface area contributed by atoms with Crippen LogP contribution in [0.4, 0.5) is 13.2 Å². The molecule has 160 valence electrons. The maximum Gasteiger partial charge on any atom is 0.416 e. The van der Waals surface area contributed by atoms with Crippen LogP contribution in [0.25, 0.3) is 0 Å². The van der Waals surface area contributed by atoms with Gasteiger partial charge in [-0.25, -0.2) is 0 Å². The van der Waals surface area contributed by atoms with Crippen molar-refractivity contribution >= 4 is 29.9 Å². The van der Waals surface area contributed by atoms with E-state index < -0.39 is 17.8 Å². The minimum absolute atomic E-state index is 0. The van der Waals surface area contributed by atoms with Crippen molar-refractivity contribution < 1.29 is 17.9 Å². The van der Waals surface area contributed by atoms with Gasteiger partial charge >= 0.3 is 6.18 Å². The molecule has 0 bridgehead atoms. The number of nitrogens with zero attached hydrogens (tertiary/aromatic N) is 3. The number of rotatable bonds is 3. The summed E-state index contributed by atoms with van der Waals surface area (Å²) >= 11 is 0. The van der Waals surface area contributed by atoms with Gasteiger partial charge in [0.05, 0.1) is 30.3 Å². The Morgan fingerprint density at radius 1 is 1.27 bits per heavy atom. The third-order valence-corrected chi connectivity index (χ3v) is 4.67. The highest BCUT2D eigenvalue weighted by Gasteiger charge is 2.32. The Hall–Kier alpha value is -2.32. The molecule has 2 aromatic carbocycles. The number of hydrogen-bond donors (Lipinski definition) is 1. The minimum Gasteiger partial charge on any atom is -0.370 e. The van der Waals surface area contributed by atoms with E-state index in [1.165, 1.54) is 6.07 Å². The smallest absolute Gasteiger partial charge is 0.370 e. The second-order valence-electron chi connectivity index (χ2n) is 6.64. The van der Waals surface area contributed by atoms with Crippen LogP contribution in [-0.2, 0) is 17.5 Å². The first kappa shape index (κ1) is 24.0. The molecule has 9 heteroatoms. The van der Waals surface area contributed by atoms with Crippen LogP contribution in [0.1, 0.15) is 28.4 Å². The van der Waals surface area contributed by atoms with Crippen LogP contribution in [-0.4, -0.2) is 37.6 Å². The van der Waals surface area contributed by atoms with Gasteiger partial charge in [0, 0.05) is 20.1 Å².